The normalized spacial score (nSPS) is 31.9. The number of hydrogen-bond acceptors (Lipinski definition) is 3. The molecule has 118 valence electrons. The van der Waals surface area contributed by atoms with Crippen molar-refractivity contribution in [3.8, 4) is 0 Å². The molecule has 2 fully saturated rings. The number of ketones is 1. The van der Waals surface area contributed by atoms with Gasteiger partial charge in [0.1, 0.15) is 0 Å². The lowest BCUT2D eigenvalue weighted by molar-refractivity contribution is -0.125. The lowest BCUT2D eigenvalue weighted by Gasteiger charge is -2.31. The van der Waals surface area contributed by atoms with Crippen LogP contribution in [0, 0.1) is 16.7 Å². The van der Waals surface area contributed by atoms with Crippen molar-refractivity contribution in [2.24, 2.45) is 16.7 Å². The molecule has 2 bridgehead atoms. The van der Waals surface area contributed by atoms with Gasteiger partial charge in [0.05, 0.1) is 4.90 Å². The molecule has 0 amide bonds. The Morgan fingerprint density at radius 1 is 1.18 bits per heavy atom. The van der Waals surface area contributed by atoms with E-state index >= 15 is 0 Å². The van der Waals surface area contributed by atoms with Crippen LogP contribution in [-0.2, 0) is 13.8 Å². The predicted molar refractivity (Wildman–Crippen MR) is 87.1 cm³/mol. The number of carbonyl (C=O) groups is 1. The van der Waals surface area contributed by atoms with Gasteiger partial charge < -0.3 is 0 Å². The zero-order chi connectivity index (χ0) is 16.3. The molecular formula is C17H19ClO3S. The van der Waals surface area contributed by atoms with Crippen molar-refractivity contribution in [2.75, 3.05) is 0 Å². The SMILES string of the molecule is CC12CCC(C(=Cc3ccc(S(=O)(=O)Cl)cc3)C1=O)C2(C)C. The summed E-state index contributed by atoms with van der Waals surface area (Å²) in [5.74, 6) is 0.518. The van der Waals surface area contributed by atoms with E-state index in [9.17, 15) is 13.2 Å². The van der Waals surface area contributed by atoms with Gasteiger partial charge in [-0.25, -0.2) is 8.42 Å². The van der Waals surface area contributed by atoms with Gasteiger partial charge in [-0.1, -0.05) is 32.9 Å². The van der Waals surface area contributed by atoms with Crippen LogP contribution < -0.4 is 0 Å². The molecule has 0 aromatic heterocycles. The van der Waals surface area contributed by atoms with Crippen LogP contribution in [0.25, 0.3) is 6.08 Å². The Bertz CT molecular complexity index is 775. The van der Waals surface area contributed by atoms with Gasteiger partial charge >= 0.3 is 0 Å². The topological polar surface area (TPSA) is 51.2 Å². The molecule has 0 saturated heterocycles. The van der Waals surface area contributed by atoms with Crippen LogP contribution in [0.5, 0.6) is 0 Å². The molecule has 0 heterocycles. The molecular weight excluding hydrogens is 320 g/mol. The summed E-state index contributed by atoms with van der Waals surface area (Å²) in [4.78, 5) is 12.8. The minimum absolute atomic E-state index is 0.0185. The maximum absolute atomic E-state index is 12.7. The molecule has 1 aromatic carbocycles. The summed E-state index contributed by atoms with van der Waals surface area (Å²) >= 11 is 0. The van der Waals surface area contributed by atoms with Crippen molar-refractivity contribution in [3.63, 3.8) is 0 Å². The van der Waals surface area contributed by atoms with Gasteiger partial charge in [0.25, 0.3) is 9.05 Å². The second-order valence-corrected chi connectivity index (χ2v) is 9.65. The van der Waals surface area contributed by atoms with E-state index in [1.54, 1.807) is 12.1 Å². The first-order chi connectivity index (χ1) is 10.1. The number of allylic oxidation sites excluding steroid dienone is 1. The monoisotopic (exact) mass is 338 g/mol. The maximum Gasteiger partial charge on any atom is 0.261 e. The summed E-state index contributed by atoms with van der Waals surface area (Å²) < 4.78 is 22.5. The molecule has 1 aromatic rings. The van der Waals surface area contributed by atoms with Crippen molar-refractivity contribution in [1.29, 1.82) is 0 Å². The molecule has 0 radical (unpaired) electrons. The molecule has 2 aliphatic carbocycles. The van der Waals surface area contributed by atoms with E-state index in [1.807, 2.05) is 6.08 Å². The standard InChI is InChI=1S/C17H19ClO3S/c1-16(2)14-8-9-17(16,3)15(19)13(14)10-11-4-6-12(7-5-11)22(18,20)21/h4-7,10,14H,8-9H2,1-3H3. The van der Waals surface area contributed by atoms with Crippen molar-refractivity contribution in [3.05, 3.63) is 35.4 Å². The fourth-order valence-corrected chi connectivity index (χ4v) is 4.77. The summed E-state index contributed by atoms with van der Waals surface area (Å²) in [7, 11) is 1.60. The molecule has 2 unspecified atom stereocenters. The molecule has 2 atom stereocenters. The average Bonchev–Trinajstić information content (AvgIpc) is 2.73. The van der Waals surface area contributed by atoms with Crippen molar-refractivity contribution < 1.29 is 13.2 Å². The maximum atomic E-state index is 12.7. The first-order valence-electron chi connectivity index (χ1n) is 7.38. The van der Waals surface area contributed by atoms with Gasteiger partial charge in [-0.05, 0) is 53.5 Å². The largest absolute Gasteiger partial charge is 0.294 e. The van der Waals surface area contributed by atoms with E-state index in [4.69, 9.17) is 10.7 Å². The highest BCUT2D eigenvalue weighted by atomic mass is 35.7. The average molecular weight is 339 g/mol. The smallest absolute Gasteiger partial charge is 0.261 e. The van der Waals surface area contributed by atoms with Gasteiger partial charge in [0, 0.05) is 16.1 Å². The van der Waals surface area contributed by atoms with Crippen LogP contribution in [0.3, 0.4) is 0 Å². The summed E-state index contributed by atoms with van der Waals surface area (Å²) in [6.07, 6.45) is 3.89. The molecule has 0 N–H and O–H groups in total. The molecule has 3 rings (SSSR count). The molecule has 3 nitrogen and oxygen atoms in total. The first kappa shape index (κ1) is 15.8. The fourth-order valence-electron chi connectivity index (χ4n) is 4.00. The number of halogens is 1. The van der Waals surface area contributed by atoms with Crippen molar-refractivity contribution in [1.82, 2.24) is 0 Å². The number of hydrogen-bond donors (Lipinski definition) is 0. The number of fused-ring (bicyclic) bond motifs is 2. The van der Waals surface area contributed by atoms with Crippen LogP contribution in [0.4, 0.5) is 0 Å². The van der Waals surface area contributed by atoms with E-state index in [-0.39, 0.29) is 27.4 Å². The number of carbonyl (C=O) groups excluding carboxylic acids is 1. The summed E-state index contributed by atoms with van der Waals surface area (Å²) in [6.45, 7) is 6.42. The highest BCUT2D eigenvalue weighted by molar-refractivity contribution is 8.13. The lowest BCUT2D eigenvalue weighted by atomic mass is 9.70. The minimum atomic E-state index is -3.71. The van der Waals surface area contributed by atoms with Crippen LogP contribution in [0.1, 0.15) is 39.2 Å². The lowest BCUT2D eigenvalue weighted by Crippen LogP contribution is -2.32. The number of Topliss-reactive ketones (excluding diaryl/α,β-unsaturated/α-hetero) is 1. The Kier molecular flexibility index (Phi) is 3.35. The first-order valence-corrected chi connectivity index (χ1v) is 9.69. The van der Waals surface area contributed by atoms with Gasteiger partial charge in [0.2, 0.25) is 0 Å². The molecule has 22 heavy (non-hydrogen) atoms. The predicted octanol–water partition coefficient (Wildman–Crippen LogP) is 4.02. The van der Waals surface area contributed by atoms with E-state index in [0.717, 1.165) is 24.0 Å². The molecule has 0 aliphatic heterocycles. The molecule has 2 aliphatic rings. The molecule has 2 saturated carbocycles. The number of benzene rings is 1. The third-order valence-electron chi connectivity index (χ3n) is 5.85. The summed E-state index contributed by atoms with van der Waals surface area (Å²) in [6, 6.07) is 6.33. The van der Waals surface area contributed by atoms with E-state index in [0.29, 0.717) is 0 Å². The van der Waals surface area contributed by atoms with Crippen LogP contribution in [0.2, 0.25) is 0 Å². The quantitative estimate of drug-likeness (QED) is 0.604. The van der Waals surface area contributed by atoms with Crippen LogP contribution in [-0.4, -0.2) is 14.2 Å². The minimum Gasteiger partial charge on any atom is -0.294 e. The van der Waals surface area contributed by atoms with Crippen molar-refractivity contribution in [2.45, 2.75) is 38.5 Å². The zero-order valence-corrected chi connectivity index (χ0v) is 14.5. The summed E-state index contributed by atoms with van der Waals surface area (Å²) in [5, 5.41) is 0. The van der Waals surface area contributed by atoms with Crippen LogP contribution in [0.15, 0.2) is 34.7 Å². The van der Waals surface area contributed by atoms with Crippen molar-refractivity contribution >= 4 is 31.6 Å². The second-order valence-electron chi connectivity index (χ2n) is 7.08. The van der Waals surface area contributed by atoms with Gasteiger partial charge in [0.15, 0.2) is 5.78 Å². The third-order valence-corrected chi connectivity index (χ3v) is 7.22. The van der Waals surface area contributed by atoms with Gasteiger partial charge in [-0.3, -0.25) is 4.79 Å². The Balaban J connectivity index is 1.99. The van der Waals surface area contributed by atoms with E-state index in [1.165, 1.54) is 12.1 Å². The highest BCUT2D eigenvalue weighted by Gasteiger charge is 2.63. The van der Waals surface area contributed by atoms with Crippen LogP contribution >= 0.6 is 10.7 Å². The Morgan fingerprint density at radius 2 is 1.77 bits per heavy atom. The second kappa shape index (κ2) is 4.68. The number of rotatable bonds is 2. The fraction of sp³-hybridized carbons (Fsp3) is 0.471. The summed E-state index contributed by atoms with van der Waals surface area (Å²) in [5.41, 5.74) is 1.41. The van der Waals surface area contributed by atoms with E-state index in [2.05, 4.69) is 20.8 Å². The van der Waals surface area contributed by atoms with E-state index < -0.39 is 9.05 Å². The van der Waals surface area contributed by atoms with Gasteiger partial charge in [-0.15, -0.1) is 0 Å². The highest BCUT2D eigenvalue weighted by Crippen LogP contribution is 2.65. The zero-order valence-electron chi connectivity index (χ0n) is 12.9. The molecule has 5 heteroatoms. The Labute approximate surface area is 135 Å². The third kappa shape index (κ3) is 2.08. The Morgan fingerprint density at radius 3 is 2.23 bits per heavy atom. The molecule has 0 spiro atoms. The van der Waals surface area contributed by atoms with Gasteiger partial charge in [-0.2, -0.15) is 0 Å². The Hall–Kier alpha value is -1.13.